The van der Waals surface area contributed by atoms with Crippen LogP contribution >= 0.6 is 34.4 Å². The van der Waals surface area contributed by atoms with Crippen LogP contribution in [0.25, 0.3) is 0 Å². The molecule has 0 saturated carbocycles. The van der Waals surface area contributed by atoms with E-state index in [1.807, 2.05) is 17.5 Å². The molecule has 2 aromatic rings. The van der Waals surface area contributed by atoms with Gasteiger partial charge in [0.15, 0.2) is 4.34 Å². The Balaban J connectivity index is 1.69. The molecule has 0 radical (unpaired) electrons. The van der Waals surface area contributed by atoms with E-state index < -0.39 is 0 Å². The van der Waals surface area contributed by atoms with Crippen LogP contribution in [0, 0.1) is 0 Å². The van der Waals surface area contributed by atoms with Crippen molar-refractivity contribution in [2.75, 3.05) is 5.75 Å². The number of thioether (sulfide) groups is 1. The Kier molecular flexibility index (Phi) is 4.32. The lowest BCUT2D eigenvalue weighted by atomic mass is 10.4. The summed E-state index contributed by atoms with van der Waals surface area (Å²) in [5, 5.41) is 12.4. The molecule has 0 fully saturated rings. The van der Waals surface area contributed by atoms with Crippen LogP contribution < -0.4 is 5.32 Å². The second-order valence-electron chi connectivity index (χ2n) is 2.85. The molecule has 2 aromatic heterocycles. The number of hydrogen-bond acceptors (Lipinski definition) is 6. The lowest BCUT2D eigenvalue weighted by molar-refractivity contribution is -0.118. The summed E-state index contributed by atoms with van der Waals surface area (Å²) in [4.78, 5) is 12.6. The summed E-state index contributed by atoms with van der Waals surface area (Å²) in [6, 6.07) is 3.98. The number of nitrogens with one attached hydrogen (secondary N) is 1. The molecular formula is C9H9N3OS3. The monoisotopic (exact) mass is 271 g/mol. The highest BCUT2D eigenvalue weighted by atomic mass is 32.2. The Morgan fingerprint density at radius 3 is 3.12 bits per heavy atom. The average Bonchev–Trinajstić information content (AvgIpc) is 2.96. The molecule has 7 heteroatoms. The maximum atomic E-state index is 11.5. The molecule has 0 aliphatic heterocycles. The van der Waals surface area contributed by atoms with Gasteiger partial charge in [-0.3, -0.25) is 4.79 Å². The Labute approximate surface area is 105 Å². The van der Waals surface area contributed by atoms with Crippen LogP contribution in [-0.4, -0.2) is 21.9 Å². The Morgan fingerprint density at radius 2 is 2.44 bits per heavy atom. The van der Waals surface area contributed by atoms with Crippen LogP contribution in [0.1, 0.15) is 4.88 Å². The number of thiophene rings is 1. The van der Waals surface area contributed by atoms with E-state index in [2.05, 4.69) is 15.5 Å². The largest absolute Gasteiger partial charge is 0.350 e. The van der Waals surface area contributed by atoms with Crippen molar-refractivity contribution in [3.8, 4) is 0 Å². The lowest BCUT2D eigenvalue weighted by Crippen LogP contribution is -2.24. The van der Waals surface area contributed by atoms with E-state index in [9.17, 15) is 4.79 Å². The van der Waals surface area contributed by atoms with E-state index in [1.165, 1.54) is 23.1 Å². The van der Waals surface area contributed by atoms with E-state index in [0.717, 1.165) is 9.22 Å². The van der Waals surface area contributed by atoms with E-state index in [0.29, 0.717) is 12.3 Å². The zero-order valence-corrected chi connectivity index (χ0v) is 10.7. The molecule has 2 rings (SSSR count). The molecule has 1 N–H and O–H groups in total. The summed E-state index contributed by atoms with van der Waals surface area (Å²) >= 11 is 4.49. The normalized spacial score (nSPS) is 10.2. The molecule has 0 unspecified atom stereocenters. The van der Waals surface area contributed by atoms with Crippen molar-refractivity contribution in [3.63, 3.8) is 0 Å². The summed E-state index contributed by atoms with van der Waals surface area (Å²) in [5.74, 6) is 0.411. The molecule has 16 heavy (non-hydrogen) atoms. The summed E-state index contributed by atoms with van der Waals surface area (Å²) in [5.41, 5.74) is 1.66. The first kappa shape index (κ1) is 11.6. The SMILES string of the molecule is O=C(CSc1nncs1)NCc1cccs1. The van der Waals surface area contributed by atoms with Crippen LogP contribution in [0.3, 0.4) is 0 Å². The van der Waals surface area contributed by atoms with Crippen molar-refractivity contribution in [3.05, 3.63) is 27.9 Å². The molecular weight excluding hydrogens is 262 g/mol. The third-order valence-corrected chi connectivity index (χ3v) is 4.44. The fourth-order valence-electron chi connectivity index (χ4n) is 1.00. The van der Waals surface area contributed by atoms with Gasteiger partial charge in [0.25, 0.3) is 0 Å². The van der Waals surface area contributed by atoms with Gasteiger partial charge in [0.2, 0.25) is 5.91 Å². The minimum atomic E-state index is 0.0219. The summed E-state index contributed by atoms with van der Waals surface area (Å²) in [6.07, 6.45) is 0. The van der Waals surface area contributed by atoms with Crippen LogP contribution in [0.5, 0.6) is 0 Å². The first-order valence-electron chi connectivity index (χ1n) is 4.52. The fraction of sp³-hybridized carbons (Fsp3) is 0.222. The van der Waals surface area contributed by atoms with Gasteiger partial charge in [-0.2, -0.15) is 0 Å². The van der Waals surface area contributed by atoms with Gasteiger partial charge in [-0.15, -0.1) is 21.5 Å². The molecule has 84 valence electrons. The first-order valence-corrected chi connectivity index (χ1v) is 7.27. The maximum Gasteiger partial charge on any atom is 0.230 e. The van der Waals surface area contributed by atoms with Gasteiger partial charge < -0.3 is 5.32 Å². The standard InChI is InChI=1S/C9H9N3OS3/c13-8(5-15-9-12-11-6-16-9)10-4-7-2-1-3-14-7/h1-3,6H,4-5H2,(H,10,13). The van der Waals surface area contributed by atoms with Gasteiger partial charge in [0.05, 0.1) is 12.3 Å². The number of amides is 1. The lowest BCUT2D eigenvalue weighted by Gasteiger charge is -2.01. The second kappa shape index (κ2) is 5.97. The van der Waals surface area contributed by atoms with Crippen LogP contribution in [0.15, 0.2) is 27.4 Å². The highest BCUT2D eigenvalue weighted by Gasteiger charge is 2.04. The van der Waals surface area contributed by atoms with Gasteiger partial charge in [-0.05, 0) is 11.4 Å². The second-order valence-corrected chi connectivity index (χ2v) is 5.94. The van der Waals surface area contributed by atoms with Crippen molar-refractivity contribution in [1.29, 1.82) is 0 Å². The van der Waals surface area contributed by atoms with E-state index in [1.54, 1.807) is 16.8 Å². The quantitative estimate of drug-likeness (QED) is 0.845. The molecule has 0 bridgehead atoms. The van der Waals surface area contributed by atoms with E-state index in [-0.39, 0.29) is 5.91 Å². The molecule has 1 amide bonds. The third-order valence-electron chi connectivity index (χ3n) is 1.71. The molecule has 0 aliphatic rings. The van der Waals surface area contributed by atoms with Crippen LogP contribution in [0.4, 0.5) is 0 Å². The van der Waals surface area contributed by atoms with Crippen molar-refractivity contribution < 1.29 is 4.79 Å². The zero-order valence-electron chi connectivity index (χ0n) is 8.25. The number of carbonyl (C=O) groups is 1. The van der Waals surface area contributed by atoms with E-state index in [4.69, 9.17) is 0 Å². The minimum Gasteiger partial charge on any atom is -0.350 e. The first-order chi connectivity index (χ1) is 7.84. The average molecular weight is 271 g/mol. The molecule has 0 atom stereocenters. The summed E-state index contributed by atoms with van der Waals surface area (Å²) in [7, 11) is 0. The van der Waals surface area contributed by atoms with Crippen molar-refractivity contribution in [2.24, 2.45) is 0 Å². The van der Waals surface area contributed by atoms with Crippen molar-refractivity contribution in [2.45, 2.75) is 10.9 Å². The predicted molar refractivity (Wildman–Crippen MR) is 66.8 cm³/mol. The molecule has 4 nitrogen and oxygen atoms in total. The molecule has 0 saturated heterocycles. The van der Waals surface area contributed by atoms with Crippen LogP contribution in [0.2, 0.25) is 0 Å². The van der Waals surface area contributed by atoms with Gasteiger partial charge in [-0.1, -0.05) is 29.2 Å². The summed E-state index contributed by atoms with van der Waals surface area (Å²) < 4.78 is 0.825. The number of aromatic nitrogens is 2. The van der Waals surface area contributed by atoms with Crippen LogP contribution in [-0.2, 0) is 11.3 Å². The molecule has 0 aromatic carbocycles. The Hall–Kier alpha value is -0.920. The molecule has 0 aliphatic carbocycles. The van der Waals surface area contributed by atoms with Gasteiger partial charge in [0, 0.05) is 4.88 Å². The Bertz CT molecular complexity index is 387. The van der Waals surface area contributed by atoms with Gasteiger partial charge in [0.1, 0.15) is 5.51 Å². The molecule has 0 spiro atoms. The zero-order chi connectivity index (χ0) is 11.2. The molecule has 2 heterocycles. The van der Waals surface area contributed by atoms with E-state index >= 15 is 0 Å². The minimum absolute atomic E-state index is 0.0219. The Morgan fingerprint density at radius 1 is 1.50 bits per heavy atom. The summed E-state index contributed by atoms with van der Waals surface area (Å²) in [6.45, 7) is 0.604. The number of rotatable bonds is 5. The van der Waals surface area contributed by atoms with Crippen molar-refractivity contribution >= 4 is 40.3 Å². The van der Waals surface area contributed by atoms with Crippen molar-refractivity contribution in [1.82, 2.24) is 15.5 Å². The number of carbonyl (C=O) groups excluding carboxylic acids is 1. The smallest absolute Gasteiger partial charge is 0.230 e. The highest BCUT2D eigenvalue weighted by Crippen LogP contribution is 2.18. The van der Waals surface area contributed by atoms with Gasteiger partial charge in [-0.25, -0.2) is 0 Å². The number of nitrogens with zero attached hydrogens (tertiary/aromatic N) is 2. The maximum absolute atomic E-state index is 11.5. The third kappa shape index (κ3) is 3.58. The number of hydrogen-bond donors (Lipinski definition) is 1. The topological polar surface area (TPSA) is 54.9 Å². The predicted octanol–water partition coefficient (Wildman–Crippen LogP) is 2.01. The fourth-order valence-corrected chi connectivity index (χ4v) is 2.97. The highest BCUT2D eigenvalue weighted by molar-refractivity contribution is 8.01. The van der Waals surface area contributed by atoms with Gasteiger partial charge >= 0.3 is 0 Å².